The van der Waals surface area contributed by atoms with Crippen LogP contribution in [0.3, 0.4) is 0 Å². The Labute approximate surface area is 297 Å². The quantitative estimate of drug-likeness (QED) is 0.142. The van der Waals surface area contributed by atoms with Crippen LogP contribution in [-0.2, 0) is 20.7 Å². The van der Waals surface area contributed by atoms with E-state index in [0.29, 0.717) is 36.0 Å². The summed E-state index contributed by atoms with van der Waals surface area (Å²) in [5.41, 5.74) is 0.191. The van der Waals surface area contributed by atoms with Crippen molar-refractivity contribution in [2.24, 2.45) is 52.3 Å². The van der Waals surface area contributed by atoms with Gasteiger partial charge in [-0.25, -0.2) is 9.78 Å². The van der Waals surface area contributed by atoms with E-state index in [2.05, 4.69) is 55.2 Å². The van der Waals surface area contributed by atoms with E-state index in [4.69, 9.17) is 4.74 Å². The van der Waals surface area contributed by atoms with Crippen LogP contribution in [0.25, 0.3) is 0 Å². The third-order valence-electron chi connectivity index (χ3n) is 14.8. The number of hydrogen-bond donors (Lipinski definition) is 4. The van der Waals surface area contributed by atoms with Crippen LogP contribution >= 0.6 is 0 Å². The standard InChI is InChI=1S/C41H70N4O4/c1-9-27(5)37(45-36(46)10-2)38(47)49-30-16-20-40(8)34-17-19-39(7)32(28(6)13-11-12-26(3)4)14-15-33(39)31(34)22-35(41(40,48)23-30)43-21-18-29-24-42-25-44-29/h24-28,30-35,37,43,48H,9-23H2,1-8H3,(H,42,44)(H,45,46)/t27-,28+,30-,31-,32+,33-,34-,35+,37-,39+,40+,41-/m0/s1. The average Bonchev–Trinajstić information content (AvgIpc) is 3.71. The molecule has 0 saturated heterocycles. The lowest BCUT2D eigenvalue weighted by molar-refractivity contribution is -0.237. The van der Waals surface area contributed by atoms with Gasteiger partial charge in [0.2, 0.25) is 5.91 Å². The number of H-pyrrole nitrogens is 1. The van der Waals surface area contributed by atoms with Crippen LogP contribution < -0.4 is 10.6 Å². The molecular weight excluding hydrogens is 612 g/mol. The predicted molar refractivity (Wildman–Crippen MR) is 196 cm³/mol. The number of nitrogens with zero attached hydrogens (tertiary/aromatic N) is 1. The van der Waals surface area contributed by atoms with Crippen LogP contribution in [0.15, 0.2) is 12.5 Å². The molecule has 4 fully saturated rings. The highest BCUT2D eigenvalue weighted by atomic mass is 16.5. The van der Waals surface area contributed by atoms with Crippen LogP contribution in [0, 0.1) is 52.3 Å². The Kier molecular flexibility index (Phi) is 12.3. The Morgan fingerprint density at radius 1 is 1.06 bits per heavy atom. The van der Waals surface area contributed by atoms with E-state index in [-0.39, 0.29) is 35.4 Å². The monoisotopic (exact) mass is 683 g/mol. The van der Waals surface area contributed by atoms with Gasteiger partial charge >= 0.3 is 5.97 Å². The summed E-state index contributed by atoms with van der Waals surface area (Å²) in [6.07, 6.45) is 17.2. The van der Waals surface area contributed by atoms with Gasteiger partial charge in [0, 0.05) is 49.2 Å². The number of amides is 1. The van der Waals surface area contributed by atoms with Crippen LogP contribution in [0.1, 0.15) is 145 Å². The number of carbonyl (C=O) groups is 2. The number of rotatable bonds is 15. The summed E-state index contributed by atoms with van der Waals surface area (Å²) >= 11 is 0. The zero-order chi connectivity index (χ0) is 35.6. The molecule has 8 heteroatoms. The normalized spacial score (nSPS) is 37.4. The molecule has 1 aromatic heterocycles. The lowest BCUT2D eigenvalue weighted by Gasteiger charge is -2.66. The molecule has 0 aromatic carbocycles. The zero-order valence-corrected chi connectivity index (χ0v) is 32.2. The van der Waals surface area contributed by atoms with Gasteiger partial charge in [0.15, 0.2) is 0 Å². The van der Waals surface area contributed by atoms with Gasteiger partial charge in [-0.05, 0) is 91.8 Å². The number of aliphatic hydroxyl groups is 1. The molecular formula is C41H70N4O4. The van der Waals surface area contributed by atoms with Gasteiger partial charge in [-0.15, -0.1) is 0 Å². The van der Waals surface area contributed by atoms with Crippen LogP contribution in [0.2, 0.25) is 0 Å². The lowest BCUT2D eigenvalue weighted by Crippen LogP contribution is -2.71. The van der Waals surface area contributed by atoms with E-state index in [1.54, 1.807) is 13.3 Å². The number of fused-ring (bicyclic) bond motifs is 5. The van der Waals surface area contributed by atoms with Crippen LogP contribution in [0.4, 0.5) is 0 Å². The van der Waals surface area contributed by atoms with Gasteiger partial charge in [-0.2, -0.15) is 0 Å². The van der Waals surface area contributed by atoms with E-state index in [9.17, 15) is 14.7 Å². The summed E-state index contributed by atoms with van der Waals surface area (Å²) in [7, 11) is 0. The second-order valence-corrected chi connectivity index (χ2v) is 17.9. The van der Waals surface area contributed by atoms with Gasteiger partial charge in [-0.3, -0.25) is 4.79 Å². The molecule has 12 atom stereocenters. The molecule has 4 N–H and O–H groups in total. The molecule has 0 bridgehead atoms. The zero-order valence-electron chi connectivity index (χ0n) is 32.2. The van der Waals surface area contributed by atoms with Crippen molar-refractivity contribution < 1.29 is 19.4 Å². The van der Waals surface area contributed by atoms with Crippen molar-refractivity contribution in [3.8, 4) is 0 Å². The maximum Gasteiger partial charge on any atom is 0.329 e. The minimum absolute atomic E-state index is 0.0306. The number of ether oxygens (including phenoxy) is 1. The SMILES string of the molecule is CCC(=O)N[C@H](C(=O)O[C@H]1CC[C@]2(C)[C@H]3CC[C@]4(C)[C@@H]([C@H](C)CCCC(C)C)CC[C@H]4[C@@H]3C[C@@H](NCCc3cnc[nH]3)[C@@]2(O)C1)[C@@H](C)CC. The van der Waals surface area contributed by atoms with Crippen molar-refractivity contribution in [2.75, 3.05) is 6.54 Å². The molecule has 0 unspecified atom stereocenters. The summed E-state index contributed by atoms with van der Waals surface area (Å²) in [6, 6.07) is -0.753. The molecule has 0 radical (unpaired) electrons. The molecule has 0 spiro atoms. The van der Waals surface area contributed by atoms with Gasteiger partial charge in [-0.1, -0.05) is 81.1 Å². The second-order valence-electron chi connectivity index (χ2n) is 17.9. The largest absolute Gasteiger partial charge is 0.461 e. The minimum Gasteiger partial charge on any atom is -0.461 e. The Hall–Kier alpha value is -1.93. The van der Waals surface area contributed by atoms with Crippen molar-refractivity contribution in [1.82, 2.24) is 20.6 Å². The Bertz CT molecular complexity index is 1240. The van der Waals surface area contributed by atoms with Crippen molar-refractivity contribution in [3.05, 3.63) is 18.2 Å². The van der Waals surface area contributed by atoms with E-state index < -0.39 is 11.6 Å². The molecule has 49 heavy (non-hydrogen) atoms. The summed E-state index contributed by atoms with van der Waals surface area (Å²) in [4.78, 5) is 33.4. The van der Waals surface area contributed by atoms with Crippen molar-refractivity contribution in [3.63, 3.8) is 0 Å². The molecule has 4 saturated carbocycles. The molecule has 1 aromatic rings. The first-order valence-corrected chi connectivity index (χ1v) is 20.2. The smallest absolute Gasteiger partial charge is 0.329 e. The van der Waals surface area contributed by atoms with Gasteiger partial charge < -0.3 is 25.5 Å². The second kappa shape index (κ2) is 15.8. The predicted octanol–water partition coefficient (Wildman–Crippen LogP) is 7.61. The number of carbonyl (C=O) groups excluding carboxylic acids is 2. The maximum absolute atomic E-state index is 13.6. The highest BCUT2D eigenvalue weighted by Gasteiger charge is 2.68. The first kappa shape index (κ1) is 38.3. The Morgan fingerprint density at radius 2 is 1.84 bits per heavy atom. The Balaban J connectivity index is 1.37. The van der Waals surface area contributed by atoms with Gasteiger partial charge in [0.1, 0.15) is 12.1 Å². The number of aromatic amines is 1. The molecule has 4 aliphatic carbocycles. The van der Waals surface area contributed by atoms with E-state index >= 15 is 0 Å². The highest BCUT2D eigenvalue weighted by Crippen LogP contribution is 2.69. The number of hydrogen-bond acceptors (Lipinski definition) is 6. The van der Waals surface area contributed by atoms with E-state index in [1.807, 2.05) is 20.0 Å². The first-order valence-electron chi connectivity index (χ1n) is 20.2. The van der Waals surface area contributed by atoms with Crippen LogP contribution in [0.5, 0.6) is 0 Å². The van der Waals surface area contributed by atoms with Gasteiger partial charge in [0.05, 0.1) is 11.9 Å². The number of aromatic nitrogens is 2. The molecule has 278 valence electrons. The third kappa shape index (κ3) is 7.66. The average molecular weight is 683 g/mol. The molecule has 0 aliphatic heterocycles. The Morgan fingerprint density at radius 3 is 2.51 bits per heavy atom. The fraction of sp³-hybridized carbons (Fsp3) is 0.878. The third-order valence-corrected chi connectivity index (χ3v) is 14.8. The fourth-order valence-corrected chi connectivity index (χ4v) is 11.6. The van der Waals surface area contributed by atoms with Gasteiger partial charge in [0.25, 0.3) is 0 Å². The van der Waals surface area contributed by atoms with Crippen LogP contribution in [-0.4, -0.2) is 57.3 Å². The molecule has 1 amide bonds. The van der Waals surface area contributed by atoms with Crippen molar-refractivity contribution >= 4 is 11.9 Å². The van der Waals surface area contributed by atoms with Crippen molar-refractivity contribution in [1.29, 1.82) is 0 Å². The van der Waals surface area contributed by atoms with E-state index in [1.165, 1.54) is 44.9 Å². The van der Waals surface area contributed by atoms with E-state index in [0.717, 1.165) is 62.1 Å². The summed E-state index contributed by atoms with van der Waals surface area (Å²) in [5, 5.41) is 19.9. The van der Waals surface area contributed by atoms with Crippen molar-refractivity contribution in [2.45, 2.75) is 169 Å². The summed E-state index contributed by atoms with van der Waals surface area (Å²) in [5.74, 6) is 3.52. The lowest BCUT2D eigenvalue weighted by atomic mass is 9.42. The number of esters is 1. The fourth-order valence-electron chi connectivity index (χ4n) is 11.6. The number of nitrogens with one attached hydrogen (secondary N) is 3. The number of imidazole rings is 1. The first-order chi connectivity index (χ1) is 23.3. The highest BCUT2D eigenvalue weighted by molar-refractivity contribution is 5.84. The minimum atomic E-state index is -1.00. The molecule has 8 nitrogen and oxygen atoms in total. The molecule has 5 rings (SSSR count). The topological polar surface area (TPSA) is 116 Å². The molecule has 4 aliphatic rings. The summed E-state index contributed by atoms with van der Waals surface area (Å²) in [6.45, 7) is 18.8. The maximum atomic E-state index is 13.6. The molecule has 1 heterocycles. The summed E-state index contributed by atoms with van der Waals surface area (Å²) < 4.78 is 6.25.